The van der Waals surface area contributed by atoms with Crippen molar-refractivity contribution in [3.63, 3.8) is 0 Å². The number of furan rings is 1. The van der Waals surface area contributed by atoms with Crippen LogP contribution < -0.4 is 10.9 Å². The van der Waals surface area contributed by atoms with E-state index in [9.17, 15) is 14.9 Å². The van der Waals surface area contributed by atoms with Gasteiger partial charge in [0.1, 0.15) is 16.1 Å². The molecule has 8 nitrogen and oxygen atoms in total. The fraction of sp³-hybridized carbons (Fsp3) is 0.286. The van der Waals surface area contributed by atoms with Gasteiger partial charge in [-0.25, -0.2) is 16.0 Å². The number of hydrogen-bond acceptors (Lipinski definition) is 6. The summed E-state index contributed by atoms with van der Waals surface area (Å²) in [4.78, 5) is 23.8. The molecule has 0 atom stereocenters. The van der Waals surface area contributed by atoms with E-state index in [1.807, 2.05) is 42.5 Å². The van der Waals surface area contributed by atoms with Gasteiger partial charge in [-0.05, 0) is 17.5 Å². The first-order valence-corrected chi connectivity index (χ1v) is 9.46. The van der Waals surface area contributed by atoms with E-state index in [1.165, 1.54) is 5.12 Å². The van der Waals surface area contributed by atoms with Crippen LogP contribution in [0.3, 0.4) is 0 Å². The number of nitro groups is 1. The van der Waals surface area contributed by atoms with Gasteiger partial charge >= 0.3 is 5.88 Å². The zero-order valence-corrected chi connectivity index (χ0v) is 16.7. The van der Waals surface area contributed by atoms with Gasteiger partial charge in [0.15, 0.2) is 0 Å². The molecule has 1 amide bonds. The lowest BCUT2D eigenvalue weighted by Gasteiger charge is -2.19. The summed E-state index contributed by atoms with van der Waals surface area (Å²) in [6.07, 6.45) is 1.66. The van der Waals surface area contributed by atoms with Crippen LogP contribution in [0, 0.1) is 10.1 Å². The Kier molecular flexibility index (Phi) is 6.26. The van der Waals surface area contributed by atoms with Crippen molar-refractivity contribution in [1.82, 2.24) is 16.0 Å². The van der Waals surface area contributed by atoms with Crippen molar-refractivity contribution in [1.29, 1.82) is 0 Å². The summed E-state index contributed by atoms with van der Waals surface area (Å²) in [5, 5.41) is 13.7. The number of aryl methyl sites for hydroxylation is 1. The standard InChI is InChI=1S/C21H24N4O4/c1-4-8-14-11-12-16(13-17(26)24(22-2)23-3)20-18(14)19(21(29-20)25(27)28)15-9-6-5-7-10-15/h5-7,9-12,22-23H,4,8,13H2,1-3H3. The minimum Gasteiger partial charge on any atom is -0.400 e. The summed E-state index contributed by atoms with van der Waals surface area (Å²) in [5.41, 5.74) is 8.63. The van der Waals surface area contributed by atoms with E-state index in [2.05, 4.69) is 17.8 Å². The number of amides is 1. The molecule has 0 unspecified atom stereocenters. The van der Waals surface area contributed by atoms with Crippen LogP contribution in [0.5, 0.6) is 0 Å². The molecule has 8 heteroatoms. The average Bonchev–Trinajstić information content (AvgIpc) is 3.13. The average molecular weight is 396 g/mol. The van der Waals surface area contributed by atoms with E-state index >= 15 is 0 Å². The van der Waals surface area contributed by atoms with Crippen LogP contribution in [-0.2, 0) is 17.6 Å². The van der Waals surface area contributed by atoms with E-state index in [4.69, 9.17) is 4.42 Å². The van der Waals surface area contributed by atoms with Crippen LogP contribution >= 0.6 is 0 Å². The monoisotopic (exact) mass is 396 g/mol. The maximum atomic E-state index is 12.6. The summed E-state index contributed by atoms with van der Waals surface area (Å²) in [7, 11) is 3.25. The number of hydrazine groups is 2. The number of benzene rings is 2. The summed E-state index contributed by atoms with van der Waals surface area (Å²) < 4.78 is 5.77. The molecule has 0 bridgehead atoms. The molecule has 1 aromatic heterocycles. The Morgan fingerprint density at radius 1 is 1.10 bits per heavy atom. The van der Waals surface area contributed by atoms with E-state index in [0.717, 1.165) is 18.4 Å². The third-order valence-corrected chi connectivity index (χ3v) is 4.77. The van der Waals surface area contributed by atoms with E-state index in [1.54, 1.807) is 14.1 Å². The van der Waals surface area contributed by atoms with Gasteiger partial charge in [-0.15, -0.1) is 0 Å². The summed E-state index contributed by atoms with van der Waals surface area (Å²) >= 11 is 0. The normalized spacial score (nSPS) is 11.0. The van der Waals surface area contributed by atoms with Gasteiger partial charge in [-0.2, -0.15) is 0 Å². The first kappa shape index (κ1) is 20.5. The number of carbonyl (C=O) groups is 1. The summed E-state index contributed by atoms with van der Waals surface area (Å²) in [5.74, 6) is -0.539. The molecule has 0 saturated heterocycles. The Morgan fingerprint density at radius 2 is 1.76 bits per heavy atom. The molecule has 0 aliphatic carbocycles. The predicted molar refractivity (Wildman–Crippen MR) is 111 cm³/mol. The quantitative estimate of drug-likeness (QED) is 0.446. The predicted octanol–water partition coefficient (Wildman–Crippen LogP) is 3.60. The topological polar surface area (TPSA) is 101 Å². The SMILES string of the molecule is CCCc1ccc(CC(=O)N(NC)NC)c2oc([N+](=O)[O-])c(-c3ccccc3)c12. The fourth-order valence-electron chi connectivity index (χ4n) is 3.53. The van der Waals surface area contributed by atoms with Crippen LogP contribution in [0.1, 0.15) is 24.5 Å². The van der Waals surface area contributed by atoms with Crippen LogP contribution in [0.25, 0.3) is 22.1 Å². The number of nitrogens with one attached hydrogen (secondary N) is 2. The second-order valence-corrected chi connectivity index (χ2v) is 6.60. The van der Waals surface area contributed by atoms with Gasteiger partial charge < -0.3 is 4.42 Å². The molecule has 2 aromatic carbocycles. The van der Waals surface area contributed by atoms with Crippen LogP contribution in [0.4, 0.5) is 5.88 Å². The molecule has 3 aromatic rings. The second-order valence-electron chi connectivity index (χ2n) is 6.60. The Hall–Kier alpha value is -3.23. The van der Waals surface area contributed by atoms with Crippen molar-refractivity contribution in [2.75, 3.05) is 14.1 Å². The van der Waals surface area contributed by atoms with Gasteiger partial charge in [-0.1, -0.05) is 55.8 Å². The molecule has 1 heterocycles. The minimum absolute atomic E-state index is 0.0312. The molecule has 0 saturated carbocycles. The molecule has 29 heavy (non-hydrogen) atoms. The van der Waals surface area contributed by atoms with Gasteiger partial charge in [-0.3, -0.25) is 14.9 Å². The number of hydrogen-bond donors (Lipinski definition) is 2. The third-order valence-electron chi connectivity index (χ3n) is 4.77. The van der Waals surface area contributed by atoms with Crippen molar-refractivity contribution in [3.05, 3.63) is 63.7 Å². The highest BCUT2D eigenvalue weighted by atomic mass is 16.6. The van der Waals surface area contributed by atoms with Crippen molar-refractivity contribution in [2.24, 2.45) is 0 Å². The molecular formula is C21H24N4O4. The molecule has 0 spiro atoms. The highest BCUT2D eigenvalue weighted by Crippen LogP contribution is 2.43. The van der Waals surface area contributed by atoms with Crippen molar-refractivity contribution in [2.45, 2.75) is 26.2 Å². The molecule has 2 N–H and O–H groups in total. The summed E-state index contributed by atoms with van der Waals surface area (Å²) in [6.45, 7) is 2.05. The number of fused-ring (bicyclic) bond motifs is 1. The first-order valence-electron chi connectivity index (χ1n) is 9.46. The van der Waals surface area contributed by atoms with Crippen LogP contribution in [0.2, 0.25) is 0 Å². The van der Waals surface area contributed by atoms with E-state index in [-0.39, 0.29) is 18.2 Å². The Labute approximate surface area is 168 Å². The first-order chi connectivity index (χ1) is 14.0. The molecule has 152 valence electrons. The molecule has 0 aliphatic heterocycles. The Balaban J connectivity index is 2.25. The van der Waals surface area contributed by atoms with E-state index < -0.39 is 4.92 Å². The maximum absolute atomic E-state index is 12.6. The largest absolute Gasteiger partial charge is 0.442 e. The Bertz CT molecular complexity index is 1030. The molecule has 0 aliphatic rings. The lowest BCUT2D eigenvalue weighted by molar-refractivity contribution is -0.400. The molecule has 3 rings (SSSR count). The van der Waals surface area contributed by atoms with Gasteiger partial charge in [0.2, 0.25) is 0 Å². The van der Waals surface area contributed by atoms with Crippen molar-refractivity contribution in [3.8, 4) is 11.1 Å². The van der Waals surface area contributed by atoms with Crippen molar-refractivity contribution >= 4 is 22.8 Å². The zero-order chi connectivity index (χ0) is 21.0. The second kappa shape index (κ2) is 8.85. The Morgan fingerprint density at radius 3 is 2.34 bits per heavy atom. The fourth-order valence-corrected chi connectivity index (χ4v) is 3.53. The van der Waals surface area contributed by atoms with Crippen LogP contribution in [0.15, 0.2) is 46.9 Å². The van der Waals surface area contributed by atoms with Crippen LogP contribution in [-0.4, -0.2) is 30.0 Å². The maximum Gasteiger partial charge on any atom is 0.442 e. The third kappa shape index (κ3) is 3.98. The highest BCUT2D eigenvalue weighted by molar-refractivity contribution is 6.03. The minimum atomic E-state index is -0.503. The lowest BCUT2D eigenvalue weighted by Crippen LogP contribution is -2.49. The van der Waals surface area contributed by atoms with E-state index in [0.29, 0.717) is 27.7 Å². The highest BCUT2D eigenvalue weighted by Gasteiger charge is 2.29. The number of nitrogens with zero attached hydrogens (tertiary/aromatic N) is 2. The molecular weight excluding hydrogens is 372 g/mol. The molecule has 0 radical (unpaired) electrons. The summed E-state index contributed by atoms with van der Waals surface area (Å²) in [6, 6.07) is 12.9. The van der Waals surface area contributed by atoms with Crippen molar-refractivity contribution < 1.29 is 14.1 Å². The van der Waals surface area contributed by atoms with Gasteiger partial charge in [0.05, 0.1) is 6.42 Å². The smallest absolute Gasteiger partial charge is 0.400 e. The molecule has 0 fully saturated rings. The van der Waals surface area contributed by atoms with Gasteiger partial charge in [0, 0.05) is 25.0 Å². The zero-order valence-electron chi connectivity index (χ0n) is 16.7. The lowest BCUT2D eigenvalue weighted by atomic mass is 9.95. The number of rotatable bonds is 8. The van der Waals surface area contributed by atoms with Gasteiger partial charge in [0.25, 0.3) is 5.91 Å². The number of carbonyl (C=O) groups excluding carboxylic acids is 1.